The van der Waals surface area contributed by atoms with E-state index in [1.54, 1.807) is 0 Å². The molecule has 0 unspecified atom stereocenters. The molecular weight excluding hydrogens is 176 g/mol. The molecule has 3 nitrogen and oxygen atoms in total. The first-order valence-electron chi connectivity index (χ1n) is 5.51. The van der Waals surface area contributed by atoms with Crippen molar-refractivity contribution in [1.29, 1.82) is 0 Å². The fourth-order valence-electron chi connectivity index (χ4n) is 2.05. The quantitative estimate of drug-likeness (QED) is 0.683. The van der Waals surface area contributed by atoms with Crippen LogP contribution in [0.4, 0.5) is 0 Å². The highest BCUT2D eigenvalue weighted by atomic mass is 16.2. The minimum atomic E-state index is 0.252. The second-order valence-electron chi connectivity index (χ2n) is 4.53. The minimum absolute atomic E-state index is 0.252. The first kappa shape index (κ1) is 11.5. The maximum absolute atomic E-state index is 11.7. The highest BCUT2D eigenvalue weighted by Crippen LogP contribution is 2.21. The third-order valence-corrected chi connectivity index (χ3v) is 2.97. The van der Waals surface area contributed by atoms with Crippen LogP contribution in [0, 0.1) is 0 Å². The molecule has 0 heterocycles. The molecule has 0 saturated heterocycles. The van der Waals surface area contributed by atoms with E-state index >= 15 is 0 Å². The SMILES string of the molecule is CN(C)CC(=O)N(C)C1CCCCC1. The third-order valence-electron chi connectivity index (χ3n) is 2.97. The molecule has 0 bridgehead atoms. The summed E-state index contributed by atoms with van der Waals surface area (Å²) < 4.78 is 0. The van der Waals surface area contributed by atoms with Crippen LogP contribution in [0.3, 0.4) is 0 Å². The molecule has 1 rings (SSSR count). The number of likely N-dealkylation sites (N-methyl/N-ethyl adjacent to an activating group) is 2. The molecular formula is C11H22N2O. The van der Waals surface area contributed by atoms with Crippen LogP contribution in [-0.2, 0) is 4.79 Å². The zero-order valence-electron chi connectivity index (χ0n) is 9.62. The zero-order valence-corrected chi connectivity index (χ0v) is 9.62. The number of hydrogen-bond donors (Lipinski definition) is 0. The molecule has 0 radical (unpaired) electrons. The van der Waals surface area contributed by atoms with Gasteiger partial charge in [-0.25, -0.2) is 0 Å². The Bertz CT molecular complexity index is 186. The Morgan fingerprint density at radius 1 is 1.14 bits per heavy atom. The average molecular weight is 198 g/mol. The second kappa shape index (κ2) is 5.35. The largest absolute Gasteiger partial charge is 0.342 e. The first-order chi connectivity index (χ1) is 6.61. The predicted molar refractivity (Wildman–Crippen MR) is 58.2 cm³/mol. The van der Waals surface area contributed by atoms with Gasteiger partial charge in [0.05, 0.1) is 6.54 Å². The number of rotatable bonds is 3. The van der Waals surface area contributed by atoms with Gasteiger partial charge in [-0.15, -0.1) is 0 Å². The smallest absolute Gasteiger partial charge is 0.236 e. The fourth-order valence-corrected chi connectivity index (χ4v) is 2.05. The summed E-state index contributed by atoms with van der Waals surface area (Å²) >= 11 is 0. The molecule has 1 fully saturated rings. The number of nitrogens with zero attached hydrogens (tertiary/aromatic N) is 2. The Balaban J connectivity index is 2.38. The summed E-state index contributed by atoms with van der Waals surface area (Å²) in [6.07, 6.45) is 6.28. The highest BCUT2D eigenvalue weighted by molar-refractivity contribution is 5.78. The normalized spacial score (nSPS) is 18.6. The molecule has 0 aliphatic heterocycles. The van der Waals surface area contributed by atoms with E-state index in [0.717, 1.165) is 0 Å². The maximum Gasteiger partial charge on any atom is 0.236 e. The van der Waals surface area contributed by atoms with E-state index in [0.29, 0.717) is 12.6 Å². The summed E-state index contributed by atoms with van der Waals surface area (Å²) in [6, 6.07) is 0.496. The lowest BCUT2D eigenvalue weighted by Gasteiger charge is -2.31. The van der Waals surface area contributed by atoms with Gasteiger partial charge in [-0.3, -0.25) is 4.79 Å². The lowest BCUT2D eigenvalue weighted by Crippen LogP contribution is -2.42. The molecule has 82 valence electrons. The number of amides is 1. The fraction of sp³-hybridized carbons (Fsp3) is 0.909. The predicted octanol–water partition coefficient (Wildman–Crippen LogP) is 1.34. The van der Waals surface area contributed by atoms with Crippen molar-refractivity contribution >= 4 is 5.91 Å². The van der Waals surface area contributed by atoms with Crippen LogP contribution in [0.2, 0.25) is 0 Å². The van der Waals surface area contributed by atoms with Gasteiger partial charge in [-0.05, 0) is 26.9 Å². The summed E-state index contributed by atoms with van der Waals surface area (Å²) in [7, 11) is 5.82. The third kappa shape index (κ3) is 3.29. The molecule has 0 aromatic carbocycles. The van der Waals surface area contributed by atoms with Crippen LogP contribution in [0.1, 0.15) is 32.1 Å². The van der Waals surface area contributed by atoms with Crippen molar-refractivity contribution in [3.8, 4) is 0 Å². The molecule has 0 N–H and O–H groups in total. The van der Waals surface area contributed by atoms with E-state index in [4.69, 9.17) is 0 Å². The number of carbonyl (C=O) groups excluding carboxylic acids is 1. The van der Waals surface area contributed by atoms with Crippen molar-refractivity contribution in [2.45, 2.75) is 38.1 Å². The van der Waals surface area contributed by atoms with E-state index in [2.05, 4.69) is 0 Å². The van der Waals surface area contributed by atoms with Crippen LogP contribution in [0.15, 0.2) is 0 Å². The van der Waals surface area contributed by atoms with Gasteiger partial charge in [0, 0.05) is 13.1 Å². The van der Waals surface area contributed by atoms with Gasteiger partial charge in [0.25, 0.3) is 0 Å². The Morgan fingerprint density at radius 2 is 1.71 bits per heavy atom. The van der Waals surface area contributed by atoms with Crippen LogP contribution < -0.4 is 0 Å². The number of hydrogen-bond acceptors (Lipinski definition) is 2. The zero-order chi connectivity index (χ0) is 10.6. The van der Waals surface area contributed by atoms with E-state index in [-0.39, 0.29) is 5.91 Å². The summed E-state index contributed by atoms with van der Waals surface area (Å²) in [5.74, 6) is 0.252. The lowest BCUT2D eigenvalue weighted by molar-refractivity contribution is -0.133. The van der Waals surface area contributed by atoms with Crippen LogP contribution in [0.5, 0.6) is 0 Å². The van der Waals surface area contributed by atoms with Gasteiger partial charge in [0.1, 0.15) is 0 Å². The Labute approximate surface area is 87.1 Å². The van der Waals surface area contributed by atoms with Crippen molar-refractivity contribution in [3.63, 3.8) is 0 Å². The van der Waals surface area contributed by atoms with Crippen LogP contribution >= 0.6 is 0 Å². The van der Waals surface area contributed by atoms with Gasteiger partial charge >= 0.3 is 0 Å². The Kier molecular flexibility index (Phi) is 4.39. The van der Waals surface area contributed by atoms with Crippen molar-refractivity contribution in [3.05, 3.63) is 0 Å². The van der Waals surface area contributed by atoms with E-state index in [1.165, 1.54) is 32.1 Å². The molecule has 0 spiro atoms. The van der Waals surface area contributed by atoms with Gasteiger partial charge in [-0.2, -0.15) is 0 Å². The monoisotopic (exact) mass is 198 g/mol. The number of carbonyl (C=O) groups is 1. The molecule has 0 atom stereocenters. The van der Waals surface area contributed by atoms with E-state index < -0.39 is 0 Å². The van der Waals surface area contributed by atoms with Gasteiger partial charge in [0.15, 0.2) is 0 Å². The van der Waals surface area contributed by atoms with Gasteiger partial charge < -0.3 is 9.80 Å². The van der Waals surface area contributed by atoms with Crippen LogP contribution in [0.25, 0.3) is 0 Å². The molecule has 1 saturated carbocycles. The van der Waals surface area contributed by atoms with Crippen molar-refractivity contribution in [1.82, 2.24) is 9.80 Å². The summed E-state index contributed by atoms with van der Waals surface area (Å²) in [4.78, 5) is 15.6. The molecule has 14 heavy (non-hydrogen) atoms. The molecule has 0 aromatic rings. The maximum atomic E-state index is 11.7. The molecule has 1 amide bonds. The lowest BCUT2D eigenvalue weighted by atomic mass is 9.94. The second-order valence-corrected chi connectivity index (χ2v) is 4.53. The molecule has 1 aliphatic carbocycles. The molecule has 1 aliphatic rings. The van der Waals surface area contributed by atoms with Crippen molar-refractivity contribution in [2.24, 2.45) is 0 Å². The Morgan fingerprint density at radius 3 is 2.21 bits per heavy atom. The first-order valence-corrected chi connectivity index (χ1v) is 5.51. The topological polar surface area (TPSA) is 23.6 Å². The molecule has 3 heteroatoms. The van der Waals surface area contributed by atoms with Crippen molar-refractivity contribution in [2.75, 3.05) is 27.7 Å². The van der Waals surface area contributed by atoms with Crippen molar-refractivity contribution < 1.29 is 4.79 Å². The summed E-state index contributed by atoms with van der Waals surface area (Å²) in [5, 5.41) is 0. The standard InChI is InChI=1S/C11H22N2O/c1-12(2)9-11(14)13(3)10-7-5-4-6-8-10/h10H,4-9H2,1-3H3. The Hall–Kier alpha value is -0.570. The van der Waals surface area contributed by atoms with Gasteiger partial charge in [0.2, 0.25) is 5.91 Å². The van der Waals surface area contributed by atoms with E-state index in [1.807, 2.05) is 30.9 Å². The minimum Gasteiger partial charge on any atom is -0.342 e. The summed E-state index contributed by atoms with van der Waals surface area (Å²) in [6.45, 7) is 0.535. The van der Waals surface area contributed by atoms with Gasteiger partial charge in [-0.1, -0.05) is 19.3 Å². The summed E-state index contributed by atoms with van der Waals surface area (Å²) in [5.41, 5.74) is 0. The van der Waals surface area contributed by atoms with E-state index in [9.17, 15) is 4.79 Å². The highest BCUT2D eigenvalue weighted by Gasteiger charge is 2.21. The molecule has 0 aromatic heterocycles. The average Bonchev–Trinajstić information content (AvgIpc) is 2.17. The van der Waals surface area contributed by atoms with Crippen LogP contribution in [-0.4, -0.2) is 49.4 Å².